The second-order valence-electron chi connectivity index (χ2n) is 4.95. The minimum atomic E-state index is -0.666. The maximum absolute atomic E-state index is 11.7. The van der Waals surface area contributed by atoms with Crippen LogP contribution in [-0.2, 0) is 19.0 Å². The fraction of sp³-hybridized carbons (Fsp3) is 0.368. The van der Waals surface area contributed by atoms with E-state index in [9.17, 15) is 9.59 Å². The minimum Gasteiger partial charge on any atom is -0.491 e. The molecule has 0 fully saturated rings. The molecule has 140 valence electrons. The number of nitrogens with two attached hydrogens (primary N) is 1. The Morgan fingerprint density at radius 2 is 1.50 bits per heavy atom. The van der Waals surface area contributed by atoms with Crippen LogP contribution in [0.5, 0.6) is 5.75 Å². The molecular weight excluding hydrogens is 338 g/mol. The summed E-state index contributed by atoms with van der Waals surface area (Å²) in [5, 5.41) is 0. The molecule has 26 heavy (non-hydrogen) atoms. The van der Waals surface area contributed by atoms with E-state index in [0.717, 1.165) is 12.2 Å². The summed E-state index contributed by atoms with van der Waals surface area (Å²) in [6, 6.07) is 6.56. The van der Waals surface area contributed by atoms with E-state index < -0.39 is 5.91 Å². The van der Waals surface area contributed by atoms with Crippen molar-refractivity contribution < 1.29 is 28.5 Å². The summed E-state index contributed by atoms with van der Waals surface area (Å²) >= 11 is 0. The van der Waals surface area contributed by atoms with Gasteiger partial charge < -0.3 is 24.7 Å². The number of allylic oxidation sites excluding steroid dienone is 1. The predicted molar refractivity (Wildman–Crippen MR) is 95.9 cm³/mol. The van der Waals surface area contributed by atoms with Gasteiger partial charge in [0.1, 0.15) is 19.0 Å². The molecule has 0 aliphatic carbocycles. The Balaban J connectivity index is 2.10. The molecular formula is C19H23NO6. The molecule has 0 bridgehead atoms. The topological polar surface area (TPSA) is 97.1 Å². The van der Waals surface area contributed by atoms with E-state index in [4.69, 9.17) is 31.1 Å². The van der Waals surface area contributed by atoms with E-state index in [1.165, 1.54) is 0 Å². The number of hydrogen-bond donors (Lipinski definition) is 1. The fourth-order valence-electron chi connectivity index (χ4n) is 1.76. The standard InChI is InChI=1S/C19H23NO6/c1-2-9-23-10-11-24-12-13-25-14-15-26-17-5-3-16(4-6-17)18(21)7-8-19(20)22/h1,3-8H,9-15H2,(H2,20,22)/b8-7+. The number of hydrogen-bond acceptors (Lipinski definition) is 6. The number of terminal acetylenes is 1. The Hall–Kier alpha value is -2.66. The monoisotopic (exact) mass is 361 g/mol. The lowest BCUT2D eigenvalue weighted by Crippen LogP contribution is -2.12. The van der Waals surface area contributed by atoms with Crippen molar-refractivity contribution in [2.24, 2.45) is 5.73 Å². The zero-order valence-corrected chi connectivity index (χ0v) is 14.5. The quantitative estimate of drug-likeness (QED) is 0.230. The van der Waals surface area contributed by atoms with Crippen LogP contribution in [0.25, 0.3) is 0 Å². The second-order valence-corrected chi connectivity index (χ2v) is 4.95. The molecule has 7 nitrogen and oxygen atoms in total. The van der Waals surface area contributed by atoms with E-state index in [0.29, 0.717) is 51.0 Å². The molecule has 1 amide bonds. The first-order valence-electron chi connectivity index (χ1n) is 8.05. The third-order valence-corrected chi connectivity index (χ3v) is 2.96. The Morgan fingerprint density at radius 3 is 2.08 bits per heavy atom. The first-order chi connectivity index (χ1) is 12.6. The number of ketones is 1. The zero-order valence-electron chi connectivity index (χ0n) is 14.5. The van der Waals surface area contributed by atoms with Crippen molar-refractivity contribution >= 4 is 11.7 Å². The average Bonchev–Trinajstić information content (AvgIpc) is 2.64. The van der Waals surface area contributed by atoms with Gasteiger partial charge in [-0.1, -0.05) is 5.92 Å². The molecule has 0 unspecified atom stereocenters. The van der Waals surface area contributed by atoms with Crippen molar-refractivity contribution in [3.8, 4) is 18.1 Å². The van der Waals surface area contributed by atoms with E-state index in [1.54, 1.807) is 24.3 Å². The predicted octanol–water partition coefficient (Wildman–Crippen LogP) is 0.973. The molecule has 0 aliphatic heterocycles. The summed E-state index contributed by atoms with van der Waals surface area (Å²) < 4.78 is 21.2. The van der Waals surface area contributed by atoms with Crippen molar-refractivity contribution in [2.75, 3.05) is 46.2 Å². The van der Waals surface area contributed by atoms with Crippen LogP contribution in [0, 0.1) is 12.3 Å². The second kappa shape index (κ2) is 13.6. The van der Waals surface area contributed by atoms with Gasteiger partial charge in [0.2, 0.25) is 5.91 Å². The molecule has 0 saturated heterocycles. The SMILES string of the molecule is C#CCOCCOCCOCCOc1ccc(C(=O)/C=C/C(N)=O)cc1. The smallest absolute Gasteiger partial charge is 0.241 e. The molecule has 1 rings (SSSR count). The largest absolute Gasteiger partial charge is 0.491 e. The van der Waals surface area contributed by atoms with Crippen LogP contribution in [0.15, 0.2) is 36.4 Å². The van der Waals surface area contributed by atoms with Crippen molar-refractivity contribution in [2.45, 2.75) is 0 Å². The first-order valence-corrected chi connectivity index (χ1v) is 8.05. The number of benzene rings is 1. The van der Waals surface area contributed by atoms with Crippen LogP contribution in [0.4, 0.5) is 0 Å². The van der Waals surface area contributed by atoms with Crippen molar-refractivity contribution in [1.29, 1.82) is 0 Å². The summed E-state index contributed by atoms with van der Waals surface area (Å²) in [5.74, 6) is 2.02. The van der Waals surface area contributed by atoms with Gasteiger partial charge >= 0.3 is 0 Å². The maximum Gasteiger partial charge on any atom is 0.241 e. The van der Waals surface area contributed by atoms with Crippen molar-refractivity contribution in [3.05, 3.63) is 42.0 Å². The van der Waals surface area contributed by atoms with E-state index in [-0.39, 0.29) is 12.4 Å². The highest BCUT2D eigenvalue weighted by molar-refractivity contribution is 6.07. The number of carbonyl (C=O) groups excluding carboxylic acids is 2. The Kier molecular flexibility index (Phi) is 11.2. The Morgan fingerprint density at radius 1 is 0.923 bits per heavy atom. The molecule has 0 aliphatic rings. The van der Waals surface area contributed by atoms with Gasteiger partial charge in [-0.2, -0.15) is 0 Å². The van der Waals surface area contributed by atoms with E-state index in [2.05, 4.69) is 5.92 Å². The van der Waals surface area contributed by atoms with E-state index in [1.807, 2.05) is 0 Å². The average molecular weight is 361 g/mol. The minimum absolute atomic E-state index is 0.288. The van der Waals surface area contributed by atoms with Crippen LogP contribution in [-0.4, -0.2) is 57.9 Å². The molecule has 0 atom stereocenters. The third kappa shape index (κ3) is 10.3. The van der Waals surface area contributed by atoms with Gasteiger partial charge in [0.05, 0.1) is 33.0 Å². The molecule has 7 heteroatoms. The van der Waals surface area contributed by atoms with Crippen LogP contribution in [0.1, 0.15) is 10.4 Å². The lowest BCUT2D eigenvalue weighted by Gasteiger charge is -2.08. The number of amides is 1. The van der Waals surface area contributed by atoms with Crippen LogP contribution >= 0.6 is 0 Å². The van der Waals surface area contributed by atoms with E-state index >= 15 is 0 Å². The van der Waals surface area contributed by atoms with Crippen LogP contribution in [0.3, 0.4) is 0 Å². The van der Waals surface area contributed by atoms with Gasteiger partial charge in [-0.05, 0) is 30.3 Å². The molecule has 0 heterocycles. The van der Waals surface area contributed by atoms with Gasteiger partial charge in [-0.3, -0.25) is 9.59 Å². The highest BCUT2D eigenvalue weighted by atomic mass is 16.6. The molecule has 0 spiro atoms. The first kappa shape index (κ1) is 21.4. The molecule has 1 aromatic carbocycles. The summed E-state index contributed by atoms with van der Waals surface area (Å²) in [6.07, 6.45) is 7.20. The van der Waals surface area contributed by atoms with Gasteiger partial charge in [-0.25, -0.2) is 0 Å². The van der Waals surface area contributed by atoms with Crippen LogP contribution in [0.2, 0.25) is 0 Å². The summed E-state index contributed by atoms with van der Waals surface area (Å²) in [6.45, 7) is 2.94. The summed E-state index contributed by atoms with van der Waals surface area (Å²) in [7, 11) is 0. The normalized spacial score (nSPS) is 10.6. The van der Waals surface area contributed by atoms with Gasteiger partial charge in [0, 0.05) is 11.6 Å². The van der Waals surface area contributed by atoms with Crippen LogP contribution < -0.4 is 10.5 Å². The molecule has 0 aromatic heterocycles. The third-order valence-electron chi connectivity index (χ3n) is 2.96. The molecule has 0 saturated carbocycles. The fourth-order valence-corrected chi connectivity index (χ4v) is 1.76. The Bertz CT molecular complexity index is 618. The molecule has 0 radical (unpaired) electrons. The zero-order chi connectivity index (χ0) is 19.0. The highest BCUT2D eigenvalue weighted by Crippen LogP contribution is 2.12. The van der Waals surface area contributed by atoms with Crippen molar-refractivity contribution in [1.82, 2.24) is 0 Å². The summed E-state index contributed by atoms with van der Waals surface area (Å²) in [4.78, 5) is 22.3. The lowest BCUT2D eigenvalue weighted by molar-refractivity contribution is -0.113. The number of rotatable bonds is 14. The summed E-state index contributed by atoms with van der Waals surface area (Å²) in [5.41, 5.74) is 5.38. The van der Waals surface area contributed by atoms with Crippen molar-refractivity contribution in [3.63, 3.8) is 0 Å². The molecule has 2 N–H and O–H groups in total. The highest BCUT2D eigenvalue weighted by Gasteiger charge is 2.02. The molecule has 1 aromatic rings. The number of carbonyl (C=O) groups is 2. The Labute approximate surface area is 153 Å². The number of ether oxygens (including phenoxy) is 4. The lowest BCUT2D eigenvalue weighted by atomic mass is 10.1. The number of primary amides is 1. The maximum atomic E-state index is 11.7. The van der Waals surface area contributed by atoms with Gasteiger partial charge in [0.25, 0.3) is 0 Å². The van der Waals surface area contributed by atoms with Gasteiger partial charge in [0.15, 0.2) is 5.78 Å². The van der Waals surface area contributed by atoms with Gasteiger partial charge in [-0.15, -0.1) is 6.42 Å².